The van der Waals surface area contributed by atoms with E-state index in [2.05, 4.69) is 32.7 Å². The van der Waals surface area contributed by atoms with Gasteiger partial charge in [-0.2, -0.15) is 4.98 Å². The van der Waals surface area contributed by atoms with Crippen molar-refractivity contribution >= 4 is 11.4 Å². The molecule has 3 aromatic rings. The van der Waals surface area contributed by atoms with Crippen LogP contribution in [-0.2, 0) is 0 Å². The van der Waals surface area contributed by atoms with Crippen LogP contribution >= 0.6 is 0 Å². The van der Waals surface area contributed by atoms with Gasteiger partial charge in [-0.3, -0.25) is 4.90 Å². The lowest BCUT2D eigenvalue weighted by atomic mass is 10.2. The molecule has 128 valence electrons. The molecule has 1 aliphatic heterocycles. The van der Waals surface area contributed by atoms with Gasteiger partial charge in [0.1, 0.15) is 0 Å². The second-order valence-electron chi connectivity index (χ2n) is 6.23. The normalized spacial score (nSPS) is 18.2. The van der Waals surface area contributed by atoms with Crippen molar-refractivity contribution in [1.82, 2.24) is 20.4 Å². The highest BCUT2D eigenvalue weighted by atomic mass is 16.5. The highest BCUT2D eigenvalue weighted by Gasteiger charge is 2.25. The summed E-state index contributed by atoms with van der Waals surface area (Å²) in [5, 5.41) is 11.0. The highest BCUT2D eigenvalue weighted by molar-refractivity contribution is 5.66. The number of aromatic nitrogens is 2. The lowest BCUT2D eigenvalue weighted by Crippen LogP contribution is -2.44. The van der Waals surface area contributed by atoms with Gasteiger partial charge in [0.25, 0.3) is 5.89 Å². The minimum Gasteiger partial charge on any atom is -0.356 e. The summed E-state index contributed by atoms with van der Waals surface area (Å²) in [6, 6.07) is 18.2. The van der Waals surface area contributed by atoms with Gasteiger partial charge in [-0.05, 0) is 37.4 Å². The predicted octanol–water partition coefficient (Wildman–Crippen LogP) is 3.06. The van der Waals surface area contributed by atoms with E-state index < -0.39 is 0 Å². The van der Waals surface area contributed by atoms with E-state index in [1.54, 1.807) is 0 Å². The number of anilines is 2. The molecule has 2 heterocycles. The van der Waals surface area contributed by atoms with Gasteiger partial charge in [0, 0.05) is 36.6 Å². The number of hydrogen-bond donors (Lipinski definition) is 2. The van der Waals surface area contributed by atoms with E-state index in [0.717, 1.165) is 42.4 Å². The van der Waals surface area contributed by atoms with Gasteiger partial charge in [-0.1, -0.05) is 29.4 Å². The van der Waals surface area contributed by atoms with E-state index >= 15 is 0 Å². The SMILES string of the molecule is CN1CCNCC1c1noc(-c2cccc(Nc3ccccc3)c2)n1. The van der Waals surface area contributed by atoms with Crippen molar-refractivity contribution in [2.24, 2.45) is 0 Å². The molecule has 1 saturated heterocycles. The summed E-state index contributed by atoms with van der Waals surface area (Å²) in [5.74, 6) is 1.27. The molecular weight excluding hydrogens is 314 g/mol. The third-order valence-corrected chi connectivity index (χ3v) is 4.42. The fourth-order valence-corrected chi connectivity index (χ4v) is 3.00. The van der Waals surface area contributed by atoms with Gasteiger partial charge in [-0.25, -0.2) is 0 Å². The summed E-state index contributed by atoms with van der Waals surface area (Å²) < 4.78 is 5.51. The number of piperazine rings is 1. The maximum atomic E-state index is 5.51. The Morgan fingerprint density at radius 1 is 1.12 bits per heavy atom. The smallest absolute Gasteiger partial charge is 0.258 e. The zero-order valence-corrected chi connectivity index (χ0v) is 14.1. The first-order chi connectivity index (χ1) is 12.3. The fourth-order valence-electron chi connectivity index (χ4n) is 3.00. The van der Waals surface area contributed by atoms with E-state index in [-0.39, 0.29) is 6.04 Å². The number of benzene rings is 2. The highest BCUT2D eigenvalue weighted by Crippen LogP contribution is 2.26. The Labute approximate surface area is 146 Å². The monoisotopic (exact) mass is 335 g/mol. The van der Waals surface area contributed by atoms with Crippen molar-refractivity contribution in [2.75, 3.05) is 32.0 Å². The molecule has 1 aliphatic rings. The lowest BCUT2D eigenvalue weighted by Gasteiger charge is -2.30. The van der Waals surface area contributed by atoms with Crippen molar-refractivity contribution in [3.8, 4) is 11.5 Å². The Hall–Kier alpha value is -2.70. The first-order valence-electron chi connectivity index (χ1n) is 8.47. The lowest BCUT2D eigenvalue weighted by molar-refractivity contribution is 0.190. The molecule has 0 aliphatic carbocycles. The molecule has 1 atom stereocenters. The van der Waals surface area contributed by atoms with E-state index in [0.29, 0.717) is 5.89 Å². The molecular formula is C19H21N5O. The van der Waals surface area contributed by atoms with Gasteiger partial charge in [0.15, 0.2) is 5.82 Å². The summed E-state index contributed by atoms with van der Waals surface area (Å²) in [5.41, 5.74) is 2.94. The van der Waals surface area contributed by atoms with Gasteiger partial charge < -0.3 is 15.2 Å². The second kappa shape index (κ2) is 7.04. The van der Waals surface area contributed by atoms with Gasteiger partial charge in [0.2, 0.25) is 0 Å². The van der Waals surface area contributed by atoms with Crippen LogP contribution in [0.5, 0.6) is 0 Å². The average molecular weight is 335 g/mol. The Morgan fingerprint density at radius 3 is 2.80 bits per heavy atom. The topological polar surface area (TPSA) is 66.2 Å². The van der Waals surface area contributed by atoms with E-state index in [4.69, 9.17) is 4.52 Å². The molecule has 2 aromatic carbocycles. The quantitative estimate of drug-likeness (QED) is 0.764. The largest absolute Gasteiger partial charge is 0.356 e. The number of nitrogens with one attached hydrogen (secondary N) is 2. The molecule has 1 unspecified atom stereocenters. The number of rotatable bonds is 4. The van der Waals surface area contributed by atoms with Gasteiger partial charge in [-0.15, -0.1) is 0 Å². The number of nitrogens with zero attached hydrogens (tertiary/aromatic N) is 3. The van der Waals surface area contributed by atoms with Gasteiger partial charge >= 0.3 is 0 Å². The Balaban J connectivity index is 1.55. The van der Waals surface area contributed by atoms with Crippen LogP contribution in [0.3, 0.4) is 0 Å². The van der Waals surface area contributed by atoms with E-state index in [9.17, 15) is 0 Å². The molecule has 6 heteroatoms. The van der Waals surface area contributed by atoms with E-state index in [1.807, 2.05) is 54.6 Å². The molecule has 1 aromatic heterocycles. The van der Waals surface area contributed by atoms with Crippen LogP contribution in [-0.4, -0.2) is 41.7 Å². The Kier molecular flexibility index (Phi) is 4.45. The molecule has 0 spiro atoms. The number of likely N-dealkylation sites (N-methyl/N-ethyl adjacent to an activating group) is 1. The summed E-state index contributed by atoms with van der Waals surface area (Å²) in [7, 11) is 2.09. The zero-order chi connectivity index (χ0) is 17.1. The zero-order valence-electron chi connectivity index (χ0n) is 14.1. The van der Waals surface area contributed by atoms with E-state index in [1.165, 1.54) is 0 Å². The van der Waals surface area contributed by atoms with Crippen molar-refractivity contribution in [3.05, 3.63) is 60.4 Å². The maximum absolute atomic E-state index is 5.51. The molecule has 0 radical (unpaired) electrons. The minimum atomic E-state index is 0.150. The van der Waals surface area contributed by atoms with Crippen LogP contribution < -0.4 is 10.6 Å². The summed E-state index contributed by atoms with van der Waals surface area (Å²) in [6.45, 7) is 2.81. The van der Waals surface area contributed by atoms with Crippen LogP contribution in [0.1, 0.15) is 11.9 Å². The summed E-state index contributed by atoms with van der Waals surface area (Å²) in [4.78, 5) is 6.86. The molecule has 0 saturated carbocycles. The number of hydrogen-bond acceptors (Lipinski definition) is 6. The van der Waals surface area contributed by atoms with Crippen molar-refractivity contribution in [2.45, 2.75) is 6.04 Å². The molecule has 0 bridgehead atoms. The third kappa shape index (κ3) is 3.55. The molecule has 6 nitrogen and oxygen atoms in total. The average Bonchev–Trinajstić information content (AvgIpc) is 3.13. The van der Waals surface area contributed by atoms with Crippen molar-refractivity contribution in [1.29, 1.82) is 0 Å². The second-order valence-corrected chi connectivity index (χ2v) is 6.23. The Bertz CT molecular complexity index is 833. The molecule has 2 N–H and O–H groups in total. The minimum absolute atomic E-state index is 0.150. The fraction of sp³-hybridized carbons (Fsp3) is 0.263. The standard InChI is InChI=1S/C19H21N5O/c1-24-11-10-20-13-17(24)18-22-19(25-23-18)14-6-5-9-16(12-14)21-15-7-3-2-4-8-15/h2-9,12,17,20-21H,10-11,13H2,1H3. The molecule has 4 rings (SSSR count). The first-order valence-corrected chi connectivity index (χ1v) is 8.47. The predicted molar refractivity (Wildman–Crippen MR) is 97.7 cm³/mol. The molecule has 25 heavy (non-hydrogen) atoms. The van der Waals surface area contributed by atoms with Crippen LogP contribution in [0.4, 0.5) is 11.4 Å². The van der Waals surface area contributed by atoms with Crippen LogP contribution in [0.2, 0.25) is 0 Å². The Morgan fingerprint density at radius 2 is 1.96 bits per heavy atom. The first kappa shape index (κ1) is 15.8. The van der Waals surface area contributed by atoms with Gasteiger partial charge in [0.05, 0.1) is 6.04 Å². The molecule has 0 amide bonds. The van der Waals surface area contributed by atoms with Crippen molar-refractivity contribution in [3.63, 3.8) is 0 Å². The van der Waals surface area contributed by atoms with Crippen LogP contribution in [0, 0.1) is 0 Å². The molecule has 1 fully saturated rings. The maximum Gasteiger partial charge on any atom is 0.258 e. The summed E-state index contributed by atoms with van der Waals surface area (Å²) in [6.07, 6.45) is 0. The third-order valence-electron chi connectivity index (χ3n) is 4.42. The van der Waals surface area contributed by atoms with Crippen LogP contribution in [0.25, 0.3) is 11.5 Å². The summed E-state index contributed by atoms with van der Waals surface area (Å²) >= 11 is 0. The number of para-hydroxylation sites is 1. The van der Waals surface area contributed by atoms with Crippen LogP contribution in [0.15, 0.2) is 59.1 Å². The van der Waals surface area contributed by atoms with Crippen molar-refractivity contribution < 1.29 is 4.52 Å².